The molecule has 0 atom stereocenters. The van der Waals surface area contributed by atoms with Crippen molar-refractivity contribution >= 4 is 12.0 Å². The zero-order valence-corrected chi connectivity index (χ0v) is 10.1. The highest BCUT2D eigenvalue weighted by Gasteiger charge is 2.24. The van der Waals surface area contributed by atoms with Crippen molar-refractivity contribution in [3.05, 3.63) is 0 Å². The van der Waals surface area contributed by atoms with Gasteiger partial charge >= 0.3 is 12.0 Å². The van der Waals surface area contributed by atoms with Gasteiger partial charge in [-0.25, -0.2) is 4.79 Å². The normalized spacial score (nSPS) is 15.0. The van der Waals surface area contributed by atoms with Crippen LogP contribution in [0.25, 0.3) is 0 Å². The van der Waals surface area contributed by atoms with Crippen LogP contribution in [-0.4, -0.2) is 54.6 Å². The molecule has 0 aromatic heterocycles. The van der Waals surface area contributed by atoms with Crippen LogP contribution in [0.1, 0.15) is 26.7 Å². The third kappa shape index (κ3) is 3.40. The summed E-state index contributed by atoms with van der Waals surface area (Å²) < 4.78 is 4.84. The Morgan fingerprint density at radius 2 is 1.88 bits per heavy atom. The third-order valence-electron chi connectivity index (χ3n) is 2.65. The fraction of sp³-hybridized carbons (Fsp3) is 0.818. The molecule has 0 radical (unpaired) electrons. The maximum atomic E-state index is 12.0. The molecule has 0 N–H and O–H groups in total. The highest BCUT2D eigenvalue weighted by Crippen LogP contribution is 2.10. The van der Waals surface area contributed by atoms with Crippen LogP contribution in [0, 0.1) is 0 Å². The maximum absolute atomic E-state index is 12.0. The van der Waals surface area contributed by atoms with Gasteiger partial charge in [0.2, 0.25) is 0 Å². The second-order valence-electron chi connectivity index (χ2n) is 3.80. The second-order valence-corrected chi connectivity index (χ2v) is 3.80. The van der Waals surface area contributed by atoms with Crippen LogP contribution in [0.5, 0.6) is 0 Å². The topological polar surface area (TPSA) is 49.9 Å². The Kier molecular flexibility index (Phi) is 5.08. The lowest BCUT2D eigenvalue weighted by Crippen LogP contribution is -2.44. The summed E-state index contributed by atoms with van der Waals surface area (Å²) in [6, 6.07) is -0.0481. The highest BCUT2D eigenvalue weighted by atomic mass is 16.5. The number of likely N-dealkylation sites (tertiary alicyclic amines) is 1. The molecule has 0 unspecified atom stereocenters. The van der Waals surface area contributed by atoms with Gasteiger partial charge in [-0.05, 0) is 26.7 Å². The lowest BCUT2D eigenvalue weighted by Gasteiger charge is -2.25. The van der Waals surface area contributed by atoms with Crippen LogP contribution in [0.4, 0.5) is 4.79 Å². The molecule has 1 aliphatic heterocycles. The standard InChI is InChI=1S/C11H20N2O3/c1-3-12(9-10(14)16-4-2)11(15)13-7-5-6-8-13/h3-9H2,1-2H3. The van der Waals surface area contributed by atoms with Crippen LogP contribution in [0.15, 0.2) is 0 Å². The predicted octanol–water partition coefficient (Wildman–Crippen LogP) is 1.09. The van der Waals surface area contributed by atoms with Crippen LogP contribution < -0.4 is 0 Å². The maximum Gasteiger partial charge on any atom is 0.325 e. The summed E-state index contributed by atoms with van der Waals surface area (Å²) in [6.07, 6.45) is 2.12. The monoisotopic (exact) mass is 228 g/mol. The quantitative estimate of drug-likeness (QED) is 0.677. The van der Waals surface area contributed by atoms with Gasteiger partial charge in [0.25, 0.3) is 0 Å². The number of amides is 2. The molecule has 5 heteroatoms. The van der Waals surface area contributed by atoms with E-state index in [0.29, 0.717) is 13.2 Å². The Labute approximate surface area is 96.3 Å². The Morgan fingerprint density at radius 3 is 2.38 bits per heavy atom. The minimum atomic E-state index is -0.336. The Balaban J connectivity index is 2.45. The van der Waals surface area contributed by atoms with Gasteiger partial charge in [0, 0.05) is 19.6 Å². The van der Waals surface area contributed by atoms with Crippen LogP contribution >= 0.6 is 0 Å². The molecule has 0 aromatic rings. The molecule has 0 aliphatic carbocycles. The molecule has 1 rings (SSSR count). The molecule has 0 aromatic carbocycles. The number of rotatable bonds is 4. The molecule has 2 amide bonds. The summed E-state index contributed by atoms with van der Waals surface area (Å²) in [4.78, 5) is 26.6. The molecule has 5 nitrogen and oxygen atoms in total. The summed E-state index contributed by atoms with van der Waals surface area (Å²) in [7, 11) is 0. The van der Waals surface area contributed by atoms with Crippen molar-refractivity contribution in [2.45, 2.75) is 26.7 Å². The van der Waals surface area contributed by atoms with Crippen LogP contribution in [-0.2, 0) is 9.53 Å². The fourth-order valence-corrected chi connectivity index (χ4v) is 1.79. The van der Waals surface area contributed by atoms with E-state index in [1.807, 2.05) is 6.92 Å². The fourth-order valence-electron chi connectivity index (χ4n) is 1.79. The number of likely N-dealkylation sites (N-methyl/N-ethyl adjacent to an activating group) is 1. The first-order chi connectivity index (χ1) is 7.69. The molecule has 0 bridgehead atoms. The minimum absolute atomic E-state index is 0.0481. The zero-order chi connectivity index (χ0) is 12.0. The Bertz CT molecular complexity index is 250. The predicted molar refractivity (Wildman–Crippen MR) is 60.1 cm³/mol. The molecule has 0 saturated carbocycles. The SMILES string of the molecule is CCOC(=O)CN(CC)C(=O)N1CCCC1. The van der Waals surface area contributed by atoms with Gasteiger partial charge in [-0.3, -0.25) is 4.79 Å². The molecule has 1 aliphatic rings. The van der Waals surface area contributed by atoms with Gasteiger partial charge in [0.05, 0.1) is 6.61 Å². The van der Waals surface area contributed by atoms with Crippen molar-refractivity contribution in [2.24, 2.45) is 0 Å². The van der Waals surface area contributed by atoms with Gasteiger partial charge in [-0.1, -0.05) is 0 Å². The molecule has 0 spiro atoms. The molecule has 1 saturated heterocycles. The average molecular weight is 228 g/mol. The van der Waals surface area contributed by atoms with Gasteiger partial charge in [-0.15, -0.1) is 0 Å². The minimum Gasteiger partial charge on any atom is -0.465 e. The molecule has 16 heavy (non-hydrogen) atoms. The van der Waals surface area contributed by atoms with E-state index < -0.39 is 0 Å². The van der Waals surface area contributed by atoms with Crippen molar-refractivity contribution in [1.82, 2.24) is 9.80 Å². The molecular formula is C11H20N2O3. The summed E-state index contributed by atoms with van der Waals surface area (Å²) >= 11 is 0. The van der Waals surface area contributed by atoms with E-state index in [2.05, 4.69) is 0 Å². The number of nitrogens with zero attached hydrogens (tertiary/aromatic N) is 2. The second kappa shape index (κ2) is 6.35. The smallest absolute Gasteiger partial charge is 0.325 e. The summed E-state index contributed by atoms with van der Waals surface area (Å²) in [5.74, 6) is -0.336. The van der Waals surface area contributed by atoms with Crippen molar-refractivity contribution < 1.29 is 14.3 Å². The van der Waals surface area contributed by atoms with Crippen molar-refractivity contribution in [3.8, 4) is 0 Å². The van der Waals surface area contributed by atoms with Crippen molar-refractivity contribution in [1.29, 1.82) is 0 Å². The van der Waals surface area contributed by atoms with E-state index in [1.165, 1.54) is 4.90 Å². The van der Waals surface area contributed by atoms with Crippen LogP contribution in [0.3, 0.4) is 0 Å². The van der Waals surface area contributed by atoms with Gasteiger partial charge in [0.15, 0.2) is 0 Å². The summed E-state index contributed by atoms with van der Waals surface area (Å²) in [5, 5.41) is 0. The number of hydrogen-bond donors (Lipinski definition) is 0. The lowest BCUT2D eigenvalue weighted by atomic mass is 10.4. The third-order valence-corrected chi connectivity index (χ3v) is 2.65. The largest absolute Gasteiger partial charge is 0.465 e. The first kappa shape index (κ1) is 12.8. The number of urea groups is 1. The van der Waals surface area contributed by atoms with E-state index in [1.54, 1.807) is 11.8 Å². The molecule has 1 fully saturated rings. The Morgan fingerprint density at radius 1 is 1.25 bits per heavy atom. The first-order valence-corrected chi connectivity index (χ1v) is 5.88. The number of carbonyl (C=O) groups is 2. The van der Waals surface area contributed by atoms with E-state index in [0.717, 1.165) is 25.9 Å². The number of ether oxygens (including phenoxy) is 1. The first-order valence-electron chi connectivity index (χ1n) is 5.88. The lowest BCUT2D eigenvalue weighted by molar-refractivity contribution is -0.143. The van der Waals surface area contributed by atoms with Crippen molar-refractivity contribution in [2.75, 3.05) is 32.8 Å². The summed E-state index contributed by atoms with van der Waals surface area (Å²) in [5.41, 5.74) is 0. The van der Waals surface area contributed by atoms with E-state index >= 15 is 0 Å². The highest BCUT2D eigenvalue weighted by molar-refractivity contribution is 5.81. The molecular weight excluding hydrogens is 208 g/mol. The van der Waals surface area contributed by atoms with E-state index in [-0.39, 0.29) is 18.5 Å². The molecule has 92 valence electrons. The van der Waals surface area contributed by atoms with E-state index in [4.69, 9.17) is 4.74 Å². The van der Waals surface area contributed by atoms with Crippen LogP contribution in [0.2, 0.25) is 0 Å². The van der Waals surface area contributed by atoms with Crippen molar-refractivity contribution in [3.63, 3.8) is 0 Å². The Hall–Kier alpha value is -1.26. The average Bonchev–Trinajstić information content (AvgIpc) is 2.78. The zero-order valence-electron chi connectivity index (χ0n) is 10.1. The van der Waals surface area contributed by atoms with E-state index in [9.17, 15) is 9.59 Å². The van der Waals surface area contributed by atoms with Gasteiger partial charge in [0.1, 0.15) is 6.54 Å². The summed E-state index contributed by atoms with van der Waals surface area (Å²) in [6.45, 7) is 6.18. The number of carbonyl (C=O) groups excluding carboxylic acids is 2. The number of esters is 1. The van der Waals surface area contributed by atoms with Gasteiger partial charge < -0.3 is 14.5 Å². The molecule has 1 heterocycles. The number of hydrogen-bond acceptors (Lipinski definition) is 3. The van der Waals surface area contributed by atoms with Gasteiger partial charge in [-0.2, -0.15) is 0 Å².